The van der Waals surface area contributed by atoms with E-state index in [4.69, 9.17) is 0 Å². The average molecular weight is 320 g/mol. The molecule has 0 spiro atoms. The van der Waals surface area contributed by atoms with E-state index in [-0.39, 0.29) is 6.42 Å². The smallest absolute Gasteiger partial charge is 0.316 e. The van der Waals surface area contributed by atoms with E-state index in [0.717, 1.165) is 0 Å². The van der Waals surface area contributed by atoms with Crippen molar-refractivity contribution in [1.82, 2.24) is 0 Å². The summed E-state index contributed by atoms with van der Waals surface area (Å²) in [5, 5.41) is 0. The zero-order valence-corrected chi connectivity index (χ0v) is 13.5. The van der Waals surface area contributed by atoms with E-state index in [9.17, 15) is 22.4 Å². The first-order valence-corrected chi connectivity index (χ1v) is 6.93. The molecule has 0 radical (unpaired) electrons. The molecule has 0 heterocycles. The van der Waals surface area contributed by atoms with Crippen LogP contribution in [-0.2, 0) is 10.2 Å². The lowest BCUT2D eigenvalue weighted by Crippen LogP contribution is -2.28. The highest BCUT2D eigenvalue weighted by Crippen LogP contribution is 2.38. The molecule has 0 bridgehead atoms. The first-order valence-electron chi connectivity index (χ1n) is 6.93. The van der Waals surface area contributed by atoms with Gasteiger partial charge in [-0.05, 0) is 32.6 Å². The number of esters is 1. The number of rotatable bonds is 3. The Kier molecular flexibility index (Phi) is 4.94. The van der Waals surface area contributed by atoms with E-state index >= 15 is 0 Å². The third kappa shape index (κ3) is 3.25. The van der Waals surface area contributed by atoms with Crippen molar-refractivity contribution >= 4 is 5.97 Å². The molecule has 22 heavy (non-hydrogen) atoms. The second kappa shape index (κ2) is 5.89. The van der Waals surface area contributed by atoms with Crippen molar-refractivity contribution in [3.05, 3.63) is 28.8 Å². The van der Waals surface area contributed by atoms with Gasteiger partial charge in [-0.1, -0.05) is 20.8 Å². The lowest BCUT2D eigenvalue weighted by atomic mass is 9.81. The van der Waals surface area contributed by atoms with Crippen LogP contribution in [0.1, 0.15) is 53.5 Å². The molecule has 0 N–H and O–H groups in total. The van der Waals surface area contributed by atoms with Crippen LogP contribution < -0.4 is 4.74 Å². The Balaban J connectivity index is 3.51. The summed E-state index contributed by atoms with van der Waals surface area (Å²) in [6, 6.07) is 0. The highest BCUT2D eigenvalue weighted by molar-refractivity contribution is 5.78. The van der Waals surface area contributed by atoms with E-state index in [2.05, 4.69) is 4.74 Å². The minimum Gasteiger partial charge on any atom is -0.420 e. The summed E-state index contributed by atoms with van der Waals surface area (Å²) >= 11 is 0. The van der Waals surface area contributed by atoms with Crippen molar-refractivity contribution in [3.63, 3.8) is 0 Å². The van der Waals surface area contributed by atoms with E-state index in [0.29, 0.717) is 0 Å². The SMILES string of the molecule is CCC(C)(C)c1c(F)c(F)c(OC(=O)C(C)(C)C)c(F)c1F. The van der Waals surface area contributed by atoms with Gasteiger partial charge < -0.3 is 4.74 Å². The fourth-order valence-electron chi connectivity index (χ4n) is 1.72. The van der Waals surface area contributed by atoms with Gasteiger partial charge in [-0.25, -0.2) is 8.78 Å². The zero-order chi connectivity index (χ0) is 17.5. The number of benzene rings is 1. The van der Waals surface area contributed by atoms with E-state index in [1.165, 1.54) is 34.6 Å². The van der Waals surface area contributed by atoms with Crippen LogP contribution in [0.15, 0.2) is 0 Å². The number of hydrogen-bond donors (Lipinski definition) is 0. The molecule has 2 nitrogen and oxygen atoms in total. The van der Waals surface area contributed by atoms with Crippen LogP contribution in [0.2, 0.25) is 0 Å². The first kappa shape index (κ1) is 18.5. The van der Waals surface area contributed by atoms with Gasteiger partial charge in [0.15, 0.2) is 11.6 Å². The Morgan fingerprint density at radius 1 is 0.909 bits per heavy atom. The molecule has 1 aromatic rings. The summed E-state index contributed by atoms with van der Waals surface area (Å²) in [6.45, 7) is 8.93. The van der Waals surface area contributed by atoms with Crippen molar-refractivity contribution in [2.45, 2.75) is 53.4 Å². The van der Waals surface area contributed by atoms with Gasteiger partial charge in [0.2, 0.25) is 17.4 Å². The Bertz CT molecular complexity index is 572. The molecule has 0 atom stereocenters. The summed E-state index contributed by atoms with van der Waals surface area (Å²) < 4.78 is 61.0. The van der Waals surface area contributed by atoms with Crippen LogP contribution in [0, 0.1) is 28.7 Å². The molecule has 0 unspecified atom stereocenters. The molecule has 0 saturated carbocycles. The Hall–Kier alpha value is -1.59. The van der Waals surface area contributed by atoms with Crippen molar-refractivity contribution in [1.29, 1.82) is 0 Å². The molecule has 0 aliphatic heterocycles. The molecule has 0 amide bonds. The van der Waals surface area contributed by atoms with Gasteiger partial charge >= 0.3 is 5.97 Å². The van der Waals surface area contributed by atoms with Gasteiger partial charge in [-0.3, -0.25) is 4.79 Å². The van der Waals surface area contributed by atoms with Crippen LogP contribution in [0.3, 0.4) is 0 Å². The highest BCUT2D eigenvalue weighted by Gasteiger charge is 2.36. The topological polar surface area (TPSA) is 26.3 Å². The maximum Gasteiger partial charge on any atom is 0.316 e. The molecular formula is C16H20F4O2. The second-order valence-electron chi connectivity index (χ2n) is 6.84. The molecule has 0 saturated heterocycles. The van der Waals surface area contributed by atoms with Crippen LogP contribution in [0.25, 0.3) is 0 Å². The lowest BCUT2D eigenvalue weighted by Gasteiger charge is -2.26. The monoisotopic (exact) mass is 320 g/mol. The number of halogens is 4. The van der Waals surface area contributed by atoms with E-state index in [1.54, 1.807) is 6.92 Å². The largest absolute Gasteiger partial charge is 0.420 e. The van der Waals surface area contributed by atoms with Gasteiger partial charge in [-0.2, -0.15) is 8.78 Å². The first-order chi connectivity index (χ1) is 9.84. The molecule has 1 rings (SSSR count). The van der Waals surface area contributed by atoms with Gasteiger partial charge in [-0.15, -0.1) is 0 Å². The molecule has 124 valence electrons. The summed E-state index contributed by atoms with van der Waals surface area (Å²) in [4.78, 5) is 11.7. The van der Waals surface area contributed by atoms with E-state index in [1.807, 2.05) is 0 Å². The molecule has 1 aromatic carbocycles. The van der Waals surface area contributed by atoms with Gasteiger partial charge in [0.1, 0.15) is 0 Å². The standard InChI is InChI=1S/C16H20F4O2/c1-7-16(5,6)8-9(17)11(19)13(12(20)10(8)18)22-14(21)15(2,3)4/h7H2,1-6H3. The summed E-state index contributed by atoms with van der Waals surface area (Å²) in [7, 11) is 0. The van der Waals surface area contributed by atoms with Crippen molar-refractivity contribution in [2.24, 2.45) is 5.41 Å². The van der Waals surface area contributed by atoms with Gasteiger partial charge in [0.05, 0.1) is 5.41 Å². The number of hydrogen-bond acceptors (Lipinski definition) is 2. The predicted octanol–water partition coefficient (Wildman–Crippen LogP) is 4.88. The maximum absolute atomic E-state index is 14.2. The third-order valence-electron chi connectivity index (χ3n) is 3.59. The summed E-state index contributed by atoms with van der Waals surface area (Å²) in [6.07, 6.45) is 0.265. The Morgan fingerprint density at radius 2 is 1.32 bits per heavy atom. The minimum absolute atomic E-state index is 0.265. The maximum atomic E-state index is 14.2. The number of carbonyl (C=O) groups excluding carboxylic acids is 1. The zero-order valence-electron chi connectivity index (χ0n) is 13.5. The van der Waals surface area contributed by atoms with Gasteiger partial charge in [0.25, 0.3) is 0 Å². The fraction of sp³-hybridized carbons (Fsp3) is 0.562. The van der Waals surface area contributed by atoms with Gasteiger partial charge in [0, 0.05) is 5.56 Å². The predicted molar refractivity (Wildman–Crippen MR) is 74.7 cm³/mol. The molecule has 0 fully saturated rings. The normalized spacial score (nSPS) is 12.5. The summed E-state index contributed by atoms with van der Waals surface area (Å²) in [5.41, 5.74) is -2.88. The van der Waals surface area contributed by atoms with Crippen molar-refractivity contribution in [2.75, 3.05) is 0 Å². The molecule has 0 aliphatic carbocycles. The minimum atomic E-state index is -1.70. The van der Waals surface area contributed by atoms with Crippen LogP contribution >= 0.6 is 0 Å². The highest BCUT2D eigenvalue weighted by atomic mass is 19.2. The molecule has 6 heteroatoms. The molecular weight excluding hydrogens is 300 g/mol. The quantitative estimate of drug-likeness (QED) is 0.343. The fourth-order valence-corrected chi connectivity index (χ4v) is 1.72. The van der Waals surface area contributed by atoms with Crippen LogP contribution in [-0.4, -0.2) is 5.97 Å². The van der Waals surface area contributed by atoms with Crippen molar-refractivity contribution in [3.8, 4) is 5.75 Å². The average Bonchev–Trinajstić information content (AvgIpc) is 2.40. The Labute approximate surface area is 127 Å². The molecule has 0 aliphatic rings. The number of ether oxygens (including phenoxy) is 1. The lowest BCUT2D eigenvalue weighted by molar-refractivity contribution is -0.143. The Morgan fingerprint density at radius 3 is 1.64 bits per heavy atom. The van der Waals surface area contributed by atoms with E-state index < -0.39 is 51.4 Å². The molecule has 0 aromatic heterocycles. The number of carbonyl (C=O) groups is 1. The summed E-state index contributed by atoms with van der Waals surface area (Å²) in [5.74, 6) is -8.82. The third-order valence-corrected chi connectivity index (χ3v) is 3.59. The van der Waals surface area contributed by atoms with Crippen LogP contribution in [0.4, 0.5) is 17.6 Å². The van der Waals surface area contributed by atoms with Crippen LogP contribution in [0.5, 0.6) is 5.75 Å². The van der Waals surface area contributed by atoms with Crippen molar-refractivity contribution < 1.29 is 27.1 Å². The second-order valence-corrected chi connectivity index (χ2v) is 6.84.